The summed E-state index contributed by atoms with van der Waals surface area (Å²) in [6.45, 7) is 1.41. The van der Waals surface area contributed by atoms with Gasteiger partial charge in [-0.05, 0) is 54.5 Å². The number of nitrogens with one attached hydrogen (secondary N) is 1. The van der Waals surface area contributed by atoms with Crippen molar-refractivity contribution < 1.29 is 14.3 Å². The molecule has 25 heavy (non-hydrogen) atoms. The van der Waals surface area contributed by atoms with Crippen LogP contribution in [0.1, 0.15) is 11.1 Å². The Morgan fingerprint density at radius 1 is 1.08 bits per heavy atom. The first-order chi connectivity index (χ1) is 11.8. The monoisotopic (exact) mass is 397 g/mol. The standard InChI is InChI=1S/C18H14Cl3NO3/c1-11-8-13(19)5-6-16(11)22-17(23)10-25-18(24)7-3-12-2-4-14(20)9-15(12)21/h2-9H,10H2,1H3,(H,22,23). The predicted molar refractivity (Wildman–Crippen MR) is 101 cm³/mol. The Morgan fingerprint density at radius 3 is 2.44 bits per heavy atom. The van der Waals surface area contributed by atoms with E-state index in [1.807, 2.05) is 6.92 Å². The van der Waals surface area contributed by atoms with Gasteiger partial charge in [0.05, 0.1) is 0 Å². The van der Waals surface area contributed by atoms with Crippen LogP contribution in [-0.4, -0.2) is 18.5 Å². The quantitative estimate of drug-likeness (QED) is 0.560. The van der Waals surface area contributed by atoms with E-state index in [1.165, 1.54) is 12.2 Å². The van der Waals surface area contributed by atoms with Gasteiger partial charge in [-0.1, -0.05) is 40.9 Å². The van der Waals surface area contributed by atoms with Crippen molar-refractivity contribution in [2.24, 2.45) is 0 Å². The van der Waals surface area contributed by atoms with E-state index < -0.39 is 18.5 Å². The number of ether oxygens (including phenoxy) is 1. The second-order valence-corrected chi connectivity index (χ2v) is 6.39. The highest BCUT2D eigenvalue weighted by Gasteiger charge is 2.08. The summed E-state index contributed by atoms with van der Waals surface area (Å²) >= 11 is 17.6. The first-order valence-corrected chi connectivity index (χ1v) is 8.34. The second kappa shape index (κ2) is 8.90. The lowest BCUT2D eigenvalue weighted by molar-refractivity contribution is -0.142. The fourth-order valence-corrected chi connectivity index (χ4v) is 2.63. The molecule has 1 N–H and O–H groups in total. The maximum atomic E-state index is 11.8. The van der Waals surface area contributed by atoms with Crippen LogP contribution in [0.2, 0.25) is 15.1 Å². The van der Waals surface area contributed by atoms with E-state index in [4.69, 9.17) is 39.5 Å². The van der Waals surface area contributed by atoms with Gasteiger partial charge in [-0.25, -0.2) is 4.79 Å². The van der Waals surface area contributed by atoms with E-state index in [0.717, 1.165) is 5.56 Å². The number of hydrogen-bond donors (Lipinski definition) is 1. The zero-order chi connectivity index (χ0) is 18.4. The summed E-state index contributed by atoms with van der Waals surface area (Å²) in [5, 5.41) is 4.13. The number of carbonyl (C=O) groups excluding carboxylic acids is 2. The highest BCUT2D eigenvalue weighted by molar-refractivity contribution is 6.35. The molecule has 0 spiro atoms. The number of amides is 1. The van der Waals surface area contributed by atoms with Gasteiger partial charge >= 0.3 is 5.97 Å². The van der Waals surface area contributed by atoms with Gasteiger partial charge in [0, 0.05) is 26.8 Å². The molecule has 0 saturated heterocycles. The van der Waals surface area contributed by atoms with Gasteiger partial charge in [0.15, 0.2) is 6.61 Å². The highest BCUT2D eigenvalue weighted by Crippen LogP contribution is 2.22. The topological polar surface area (TPSA) is 55.4 Å². The average Bonchev–Trinajstić information content (AvgIpc) is 2.55. The molecule has 0 aliphatic carbocycles. The molecular formula is C18H14Cl3NO3. The molecule has 0 aliphatic rings. The zero-order valence-electron chi connectivity index (χ0n) is 13.2. The maximum absolute atomic E-state index is 11.8. The molecular weight excluding hydrogens is 385 g/mol. The van der Waals surface area contributed by atoms with E-state index >= 15 is 0 Å². The van der Waals surface area contributed by atoms with E-state index in [2.05, 4.69) is 5.32 Å². The van der Waals surface area contributed by atoms with Crippen LogP contribution in [0.3, 0.4) is 0 Å². The van der Waals surface area contributed by atoms with Crippen LogP contribution in [0.15, 0.2) is 42.5 Å². The number of rotatable bonds is 5. The first-order valence-electron chi connectivity index (χ1n) is 7.21. The molecule has 0 fully saturated rings. The molecule has 2 aromatic rings. The van der Waals surface area contributed by atoms with Gasteiger partial charge in [-0.3, -0.25) is 4.79 Å². The minimum atomic E-state index is -0.658. The van der Waals surface area contributed by atoms with Gasteiger partial charge in [0.2, 0.25) is 0 Å². The normalized spacial score (nSPS) is 10.7. The highest BCUT2D eigenvalue weighted by atomic mass is 35.5. The molecule has 2 aromatic carbocycles. The summed E-state index contributed by atoms with van der Waals surface area (Å²) in [5.74, 6) is -1.11. The Labute approximate surface area is 160 Å². The molecule has 0 bridgehead atoms. The smallest absolute Gasteiger partial charge is 0.331 e. The summed E-state index contributed by atoms with van der Waals surface area (Å²) < 4.78 is 4.89. The summed E-state index contributed by atoms with van der Waals surface area (Å²) in [4.78, 5) is 23.5. The van der Waals surface area contributed by atoms with E-state index in [-0.39, 0.29) is 0 Å². The number of anilines is 1. The lowest BCUT2D eigenvalue weighted by Gasteiger charge is -2.08. The number of esters is 1. The van der Waals surface area contributed by atoms with Crippen LogP contribution < -0.4 is 5.32 Å². The van der Waals surface area contributed by atoms with Crippen molar-refractivity contribution >= 4 is 58.4 Å². The second-order valence-electron chi connectivity index (χ2n) is 5.11. The van der Waals surface area contributed by atoms with Crippen molar-refractivity contribution in [3.05, 3.63) is 68.7 Å². The number of hydrogen-bond acceptors (Lipinski definition) is 3. The Morgan fingerprint density at radius 2 is 1.76 bits per heavy atom. The minimum Gasteiger partial charge on any atom is -0.452 e. The van der Waals surface area contributed by atoms with Crippen LogP contribution in [0.25, 0.3) is 6.08 Å². The molecule has 130 valence electrons. The third kappa shape index (κ3) is 6.09. The van der Waals surface area contributed by atoms with Gasteiger partial charge in [-0.2, -0.15) is 0 Å². The number of aryl methyl sites for hydroxylation is 1. The third-order valence-corrected chi connectivity index (χ3v) is 3.97. The fraction of sp³-hybridized carbons (Fsp3) is 0.111. The van der Waals surface area contributed by atoms with Gasteiger partial charge in [-0.15, -0.1) is 0 Å². The molecule has 0 saturated carbocycles. The average molecular weight is 399 g/mol. The number of halogens is 3. The van der Waals surface area contributed by atoms with Crippen LogP contribution in [0, 0.1) is 6.92 Å². The fourth-order valence-electron chi connectivity index (χ4n) is 1.93. The van der Waals surface area contributed by atoms with Crippen LogP contribution in [0.4, 0.5) is 5.69 Å². The Hall–Kier alpha value is -2.01. The van der Waals surface area contributed by atoms with E-state index in [1.54, 1.807) is 36.4 Å². The van der Waals surface area contributed by atoms with Gasteiger partial charge < -0.3 is 10.1 Å². The van der Waals surface area contributed by atoms with Crippen molar-refractivity contribution in [3.63, 3.8) is 0 Å². The molecule has 0 atom stereocenters. The van der Waals surface area contributed by atoms with Crippen molar-refractivity contribution in [3.8, 4) is 0 Å². The molecule has 7 heteroatoms. The van der Waals surface area contributed by atoms with Crippen LogP contribution in [0.5, 0.6) is 0 Å². The van der Waals surface area contributed by atoms with Crippen LogP contribution >= 0.6 is 34.8 Å². The molecule has 0 heterocycles. The molecule has 2 rings (SSSR count). The summed E-state index contributed by atoms with van der Waals surface area (Å²) in [6.07, 6.45) is 2.68. The third-order valence-electron chi connectivity index (χ3n) is 3.17. The molecule has 0 aromatic heterocycles. The van der Waals surface area contributed by atoms with Crippen molar-refractivity contribution in [1.29, 1.82) is 0 Å². The predicted octanol–water partition coefficient (Wildman–Crippen LogP) is 5.15. The van der Waals surface area contributed by atoms with Gasteiger partial charge in [0.1, 0.15) is 0 Å². The molecule has 4 nitrogen and oxygen atoms in total. The molecule has 0 radical (unpaired) electrons. The largest absolute Gasteiger partial charge is 0.452 e. The molecule has 0 unspecified atom stereocenters. The minimum absolute atomic E-state index is 0.403. The maximum Gasteiger partial charge on any atom is 0.331 e. The molecule has 0 aliphatic heterocycles. The Bertz CT molecular complexity index is 834. The van der Waals surface area contributed by atoms with Crippen molar-refractivity contribution in [2.45, 2.75) is 6.92 Å². The summed E-state index contributed by atoms with van der Waals surface area (Å²) in [5.41, 5.74) is 2.03. The zero-order valence-corrected chi connectivity index (χ0v) is 15.5. The Balaban J connectivity index is 1.86. The summed E-state index contributed by atoms with van der Waals surface area (Å²) in [7, 11) is 0. The first kappa shape index (κ1) is 19.3. The summed E-state index contributed by atoms with van der Waals surface area (Å²) in [6, 6.07) is 9.96. The van der Waals surface area contributed by atoms with E-state index in [0.29, 0.717) is 26.3 Å². The van der Waals surface area contributed by atoms with Crippen molar-refractivity contribution in [1.82, 2.24) is 0 Å². The van der Waals surface area contributed by atoms with Crippen molar-refractivity contribution in [2.75, 3.05) is 11.9 Å². The van der Waals surface area contributed by atoms with Crippen LogP contribution in [-0.2, 0) is 14.3 Å². The SMILES string of the molecule is Cc1cc(Cl)ccc1NC(=O)COC(=O)C=Cc1ccc(Cl)cc1Cl. The lowest BCUT2D eigenvalue weighted by Crippen LogP contribution is -2.20. The van der Waals surface area contributed by atoms with Gasteiger partial charge in [0.25, 0.3) is 5.91 Å². The Kier molecular flexibility index (Phi) is 6.88. The number of benzene rings is 2. The lowest BCUT2D eigenvalue weighted by atomic mass is 10.2. The van der Waals surface area contributed by atoms with E-state index in [9.17, 15) is 9.59 Å². The number of carbonyl (C=O) groups is 2. The molecule has 1 amide bonds.